The summed E-state index contributed by atoms with van der Waals surface area (Å²) < 4.78 is 14.6. The van der Waals surface area contributed by atoms with Gasteiger partial charge in [-0.2, -0.15) is 0 Å². The van der Waals surface area contributed by atoms with E-state index in [0.29, 0.717) is 19.1 Å². The third-order valence-electron chi connectivity index (χ3n) is 1.56. The van der Waals surface area contributed by atoms with Gasteiger partial charge in [-0.05, 0) is 5.92 Å². The molecule has 72 valence electrons. The van der Waals surface area contributed by atoms with Crippen molar-refractivity contribution in [2.24, 2.45) is 5.92 Å². The molecule has 0 aromatic rings. The van der Waals surface area contributed by atoms with Crippen LogP contribution in [-0.2, 0) is 13.8 Å². The number of rotatable bonds is 7. The molecule has 1 N–H and O–H groups in total. The van der Waals surface area contributed by atoms with Gasteiger partial charge < -0.3 is 18.7 Å². The molecule has 0 aromatic heterocycles. The summed E-state index contributed by atoms with van der Waals surface area (Å²) in [6.45, 7) is 1.14. The van der Waals surface area contributed by atoms with E-state index >= 15 is 0 Å². The van der Waals surface area contributed by atoms with E-state index in [2.05, 4.69) is 12.4 Å². The molecule has 0 saturated heterocycles. The number of ether oxygens (including phenoxy) is 1. The van der Waals surface area contributed by atoms with Crippen molar-refractivity contribution in [2.45, 2.75) is 6.32 Å². The normalized spacial score (nSPS) is 15.9. The molecule has 2 unspecified atom stereocenters. The van der Waals surface area contributed by atoms with Gasteiger partial charge in [0, 0.05) is 14.2 Å². The highest BCUT2D eigenvalue weighted by atomic mass is 31.2. The van der Waals surface area contributed by atoms with E-state index in [1.54, 1.807) is 7.11 Å². The zero-order valence-electron chi connectivity index (χ0n) is 7.82. The molecular formula is C6H16BO4P. The maximum Gasteiger partial charge on any atom is 0.329 e. The Hall–Kier alpha value is 0.335. The Morgan fingerprint density at radius 1 is 1.42 bits per heavy atom. The van der Waals surface area contributed by atoms with E-state index in [0.717, 1.165) is 6.32 Å². The Morgan fingerprint density at radius 2 is 2.08 bits per heavy atom. The molecule has 0 aliphatic carbocycles. The van der Waals surface area contributed by atoms with Crippen LogP contribution in [0.2, 0.25) is 6.32 Å². The Bertz CT molecular complexity index is 106. The first-order chi connectivity index (χ1) is 5.74. The van der Waals surface area contributed by atoms with Gasteiger partial charge in [0.1, 0.15) is 7.85 Å². The SMILES string of the molecule is BCC(COC)COP(O)OC. The molecule has 6 heteroatoms. The molecule has 0 aliphatic rings. The first-order valence-corrected chi connectivity index (χ1v) is 5.02. The maximum absolute atomic E-state index is 8.95. The molecule has 0 amide bonds. The molecule has 2 atom stereocenters. The van der Waals surface area contributed by atoms with Crippen molar-refractivity contribution in [3.63, 3.8) is 0 Å². The second-order valence-corrected chi connectivity index (χ2v) is 3.54. The van der Waals surface area contributed by atoms with E-state index < -0.39 is 8.60 Å². The molecule has 0 fully saturated rings. The monoisotopic (exact) mass is 194 g/mol. The van der Waals surface area contributed by atoms with Gasteiger partial charge in [0.05, 0.1) is 13.2 Å². The van der Waals surface area contributed by atoms with Crippen LogP contribution >= 0.6 is 8.60 Å². The molecule has 0 aliphatic heterocycles. The van der Waals surface area contributed by atoms with Crippen LogP contribution in [0.4, 0.5) is 0 Å². The molecule has 0 saturated carbocycles. The minimum absolute atomic E-state index is 0.335. The Labute approximate surface area is 75.6 Å². The summed E-state index contributed by atoms with van der Waals surface area (Å²) in [5.41, 5.74) is 0. The summed E-state index contributed by atoms with van der Waals surface area (Å²) in [6, 6.07) is 0. The zero-order valence-corrected chi connectivity index (χ0v) is 8.71. The van der Waals surface area contributed by atoms with Gasteiger partial charge in [-0.25, -0.2) is 0 Å². The fourth-order valence-electron chi connectivity index (χ4n) is 0.741. The zero-order chi connectivity index (χ0) is 9.40. The average molecular weight is 194 g/mol. The third kappa shape index (κ3) is 5.92. The topological polar surface area (TPSA) is 47.9 Å². The lowest BCUT2D eigenvalue weighted by Gasteiger charge is -2.14. The van der Waals surface area contributed by atoms with Crippen molar-refractivity contribution in [3.05, 3.63) is 0 Å². The molecule has 0 rings (SSSR count). The first-order valence-electron chi connectivity index (χ1n) is 3.89. The predicted octanol–water partition coefficient (Wildman–Crippen LogP) is 0.183. The van der Waals surface area contributed by atoms with Crippen LogP contribution < -0.4 is 0 Å². The van der Waals surface area contributed by atoms with Gasteiger partial charge in [0.15, 0.2) is 0 Å². The fourth-order valence-corrected chi connectivity index (χ4v) is 1.19. The number of hydrogen-bond acceptors (Lipinski definition) is 4. The smallest absolute Gasteiger partial charge is 0.329 e. The lowest BCUT2D eigenvalue weighted by molar-refractivity contribution is 0.118. The Morgan fingerprint density at radius 3 is 2.50 bits per heavy atom. The van der Waals surface area contributed by atoms with Crippen molar-refractivity contribution in [1.82, 2.24) is 0 Å². The Kier molecular flexibility index (Phi) is 8.18. The minimum Gasteiger partial charge on any atom is -0.384 e. The first kappa shape index (κ1) is 12.3. The van der Waals surface area contributed by atoms with Gasteiger partial charge in [-0.1, -0.05) is 6.32 Å². The highest BCUT2D eigenvalue weighted by Gasteiger charge is 2.10. The van der Waals surface area contributed by atoms with Crippen LogP contribution in [0, 0.1) is 5.92 Å². The van der Waals surface area contributed by atoms with Crippen LogP contribution in [0.3, 0.4) is 0 Å². The van der Waals surface area contributed by atoms with Gasteiger partial charge in [-0.15, -0.1) is 0 Å². The van der Waals surface area contributed by atoms with Crippen molar-refractivity contribution < 1.29 is 18.7 Å². The molecule has 12 heavy (non-hydrogen) atoms. The molecule has 4 nitrogen and oxygen atoms in total. The van der Waals surface area contributed by atoms with Crippen LogP contribution in [0.25, 0.3) is 0 Å². The van der Waals surface area contributed by atoms with Crippen LogP contribution in [-0.4, -0.2) is 40.2 Å². The standard InChI is InChI=1S/C6H16BO4P/c1-9-4-6(3-7)5-11-12(8)10-2/h6,8H,3-5,7H2,1-2H3. The van der Waals surface area contributed by atoms with Crippen molar-refractivity contribution >= 4 is 16.4 Å². The third-order valence-corrected chi connectivity index (χ3v) is 2.24. The van der Waals surface area contributed by atoms with Gasteiger partial charge in [-0.3, -0.25) is 0 Å². The molecular weight excluding hydrogens is 178 g/mol. The molecule has 0 bridgehead atoms. The van der Waals surface area contributed by atoms with Crippen molar-refractivity contribution in [3.8, 4) is 0 Å². The van der Waals surface area contributed by atoms with E-state index in [-0.39, 0.29) is 0 Å². The number of hydrogen-bond donors (Lipinski definition) is 1. The molecule has 0 aromatic carbocycles. The molecule has 0 spiro atoms. The summed E-state index contributed by atoms with van der Waals surface area (Å²) in [6.07, 6.45) is 0.973. The van der Waals surface area contributed by atoms with E-state index in [4.69, 9.17) is 14.2 Å². The highest BCUT2D eigenvalue weighted by molar-refractivity contribution is 7.40. The molecule has 0 heterocycles. The lowest BCUT2D eigenvalue weighted by atomic mass is 9.93. The highest BCUT2D eigenvalue weighted by Crippen LogP contribution is 2.31. The Balaban J connectivity index is 3.43. The second kappa shape index (κ2) is 7.96. The maximum atomic E-state index is 8.95. The average Bonchev–Trinajstić information content (AvgIpc) is 2.11. The minimum atomic E-state index is -1.68. The van der Waals surface area contributed by atoms with Crippen LogP contribution in [0.5, 0.6) is 0 Å². The lowest BCUT2D eigenvalue weighted by Crippen LogP contribution is -2.13. The fraction of sp³-hybridized carbons (Fsp3) is 1.00. The van der Waals surface area contributed by atoms with Crippen molar-refractivity contribution in [2.75, 3.05) is 27.4 Å². The molecule has 0 radical (unpaired) electrons. The summed E-state index contributed by atoms with van der Waals surface area (Å²) in [4.78, 5) is 8.95. The largest absolute Gasteiger partial charge is 0.384 e. The second-order valence-electron chi connectivity index (χ2n) is 2.45. The summed E-state index contributed by atoms with van der Waals surface area (Å²) in [7, 11) is 3.45. The number of methoxy groups -OCH3 is 1. The van der Waals surface area contributed by atoms with Gasteiger partial charge >= 0.3 is 8.60 Å². The predicted molar refractivity (Wildman–Crippen MR) is 50.8 cm³/mol. The van der Waals surface area contributed by atoms with Crippen LogP contribution in [0.15, 0.2) is 0 Å². The van der Waals surface area contributed by atoms with Gasteiger partial charge in [0.25, 0.3) is 0 Å². The van der Waals surface area contributed by atoms with E-state index in [1.165, 1.54) is 7.11 Å². The summed E-state index contributed by atoms with van der Waals surface area (Å²) in [5.74, 6) is 0.335. The van der Waals surface area contributed by atoms with E-state index in [1.807, 2.05) is 0 Å². The van der Waals surface area contributed by atoms with Gasteiger partial charge in [0.2, 0.25) is 0 Å². The summed E-state index contributed by atoms with van der Waals surface area (Å²) in [5, 5.41) is 0. The quantitative estimate of drug-likeness (QED) is 0.464. The summed E-state index contributed by atoms with van der Waals surface area (Å²) >= 11 is 0. The van der Waals surface area contributed by atoms with Crippen molar-refractivity contribution in [1.29, 1.82) is 0 Å². The van der Waals surface area contributed by atoms with Crippen LogP contribution in [0.1, 0.15) is 0 Å². The van der Waals surface area contributed by atoms with E-state index in [9.17, 15) is 0 Å².